The lowest BCUT2D eigenvalue weighted by Crippen LogP contribution is -2.51. The zero-order chi connectivity index (χ0) is 27.9. The molecule has 2 amide bonds. The van der Waals surface area contributed by atoms with Crippen LogP contribution in [0.15, 0.2) is 83.8 Å². The molecule has 38 heavy (non-hydrogen) atoms. The number of anilines is 1. The summed E-state index contributed by atoms with van der Waals surface area (Å²) in [6.45, 7) is 7.56. The van der Waals surface area contributed by atoms with Crippen molar-refractivity contribution in [3.8, 4) is 0 Å². The van der Waals surface area contributed by atoms with E-state index in [1.54, 1.807) is 36.4 Å². The fourth-order valence-electron chi connectivity index (χ4n) is 4.26. The van der Waals surface area contributed by atoms with Crippen LogP contribution in [-0.2, 0) is 26.2 Å². The molecule has 0 heterocycles. The normalized spacial score (nSPS) is 12.2. The number of aryl methyl sites for hydroxylation is 1. The van der Waals surface area contributed by atoms with E-state index in [2.05, 4.69) is 19.2 Å². The molecule has 0 aliphatic rings. The Kier molecular flexibility index (Phi) is 9.69. The monoisotopic (exact) mass is 535 g/mol. The van der Waals surface area contributed by atoms with Crippen molar-refractivity contribution in [2.24, 2.45) is 0 Å². The zero-order valence-corrected chi connectivity index (χ0v) is 23.5. The highest BCUT2D eigenvalue weighted by atomic mass is 32.2. The van der Waals surface area contributed by atoms with Crippen LogP contribution < -0.4 is 9.62 Å². The minimum Gasteiger partial charge on any atom is -0.357 e. The summed E-state index contributed by atoms with van der Waals surface area (Å²) in [5.41, 5.74) is 3.22. The number of sulfonamides is 1. The van der Waals surface area contributed by atoms with E-state index in [0.717, 1.165) is 21.0 Å². The van der Waals surface area contributed by atoms with Gasteiger partial charge in [0.15, 0.2) is 0 Å². The summed E-state index contributed by atoms with van der Waals surface area (Å²) in [7, 11) is -2.55. The third-order valence-electron chi connectivity index (χ3n) is 6.56. The van der Waals surface area contributed by atoms with E-state index < -0.39 is 28.5 Å². The molecule has 0 saturated heterocycles. The number of nitrogens with zero attached hydrogens (tertiary/aromatic N) is 2. The van der Waals surface area contributed by atoms with Crippen LogP contribution in [0, 0.1) is 6.92 Å². The van der Waals surface area contributed by atoms with Gasteiger partial charge >= 0.3 is 0 Å². The van der Waals surface area contributed by atoms with Gasteiger partial charge in [0.25, 0.3) is 10.0 Å². The van der Waals surface area contributed by atoms with Gasteiger partial charge in [0.1, 0.15) is 12.6 Å². The summed E-state index contributed by atoms with van der Waals surface area (Å²) < 4.78 is 28.9. The highest BCUT2D eigenvalue weighted by Crippen LogP contribution is 2.27. The molecule has 0 aliphatic heterocycles. The van der Waals surface area contributed by atoms with Gasteiger partial charge in [0, 0.05) is 13.6 Å². The van der Waals surface area contributed by atoms with Crippen LogP contribution in [-0.4, -0.2) is 44.8 Å². The first-order valence-electron chi connectivity index (χ1n) is 12.8. The number of hydrogen-bond donors (Lipinski definition) is 1. The minimum atomic E-state index is -4.08. The van der Waals surface area contributed by atoms with Gasteiger partial charge in [-0.15, -0.1) is 0 Å². The van der Waals surface area contributed by atoms with E-state index in [4.69, 9.17) is 0 Å². The number of nitrogens with one attached hydrogen (secondary N) is 1. The maximum Gasteiger partial charge on any atom is 0.264 e. The molecule has 3 rings (SSSR count). The van der Waals surface area contributed by atoms with Crippen molar-refractivity contribution < 1.29 is 18.0 Å². The quantitative estimate of drug-likeness (QED) is 0.380. The molecule has 202 valence electrons. The molecule has 0 radical (unpaired) electrons. The predicted molar refractivity (Wildman–Crippen MR) is 151 cm³/mol. The first kappa shape index (κ1) is 28.9. The van der Waals surface area contributed by atoms with E-state index in [1.807, 2.05) is 56.3 Å². The van der Waals surface area contributed by atoms with Crippen LogP contribution in [0.5, 0.6) is 0 Å². The Morgan fingerprint density at radius 1 is 0.895 bits per heavy atom. The number of carbonyl (C=O) groups is 2. The van der Waals surface area contributed by atoms with Gasteiger partial charge in [-0.1, -0.05) is 80.9 Å². The van der Waals surface area contributed by atoms with Crippen molar-refractivity contribution in [3.05, 3.63) is 95.6 Å². The van der Waals surface area contributed by atoms with Gasteiger partial charge < -0.3 is 10.2 Å². The number of hydrogen-bond acceptors (Lipinski definition) is 4. The molecule has 3 aromatic carbocycles. The van der Waals surface area contributed by atoms with Gasteiger partial charge in [-0.05, 0) is 54.7 Å². The molecular weight excluding hydrogens is 498 g/mol. The zero-order valence-electron chi connectivity index (χ0n) is 22.7. The molecule has 0 aromatic heterocycles. The second kappa shape index (κ2) is 12.7. The number of likely N-dealkylation sites (N-methyl/N-ethyl adjacent to an activating group) is 1. The van der Waals surface area contributed by atoms with E-state index in [0.29, 0.717) is 12.1 Å². The van der Waals surface area contributed by atoms with Crippen molar-refractivity contribution in [2.45, 2.75) is 57.5 Å². The molecular formula is C30H37N3O4S. The van der Waals surface area contributed by atoms with Crippen molar-refractivity contribution in [3.63, 3.8) is 0 Å². The van der Waals surface area contributed by atoms with E-state index in [9.17, 15) is 18.0 Å². The SMILES string of the molecule is CC[C@@H](C(=O)NC)N(Cc1ccccc1)C(=O)CN(c1ccc(C(C)C)cc1)S(=O)(=O)c1ccc(C)cc1. The Hall–Kier alpha value is -3.65. The van der Waals surface area contributed by atoms with Gasteiger partial charge in [-0.25, -0.2) is 8.42 Å². The third-order valence-corrected chi connectivity index (χ3v) is 8.35. The lowest BCUT2D eigenvalue weighted by atomic mass is 10.0. The summed E-state index contributed by atoms with van der Waals surface area (Å²) in [4.78, 5) is 28.2. The smallest absolute Gasteiger partial charge is 0.264 e. The van der Waals surface area contributed by atoms with E-state index >= 15 is 0 Å². The van der Waals surface area contributed by atoms with Gasteiger partial charge in [0.2, 0.25) is 11.8 Å². The summed E-state index contributed by atoms with van der Waals surface area (Å²) in [5, 5.41) is 2.64. The summed E-state index contributed by atoms with van der Waals surface area (Å²) in [6, 6.07) is 22.4. The van der Waals surface area contributed by atoms with Crippen molar-refractivity contribution in [1.29, 1.82) is 0 Å². The standard InChI is InChI=1S/C30H37N3O4S/c1-6-28(30(35)31-5)32(20-24-10-8-7-9-11-24)29(34)21-33(26-16-14-25(15-17-26)22(2)3)38(36,37)27-18-12-23(4)13-19-27/h7-19,22,28H,6,20-21H2,1-5H3,(H,31,35)/t28-/m0/s1. The maximum absolute atomic E-state index is 13.9. The van der Waals surface area contributed by atoms with Crippen LogP contribution in [0.25, 0.3) is 0 Å². The van der Waals surface area contributed by atoms with Crippen LogP contribution in [0.3, 0.4) is 0 Å². The fourth-order valence-corrected chi connectivity index (χ4v) is 5.67. The summed E-state index contributed by atoms with van der Waals surface area (Å²) in [5.74, 6) is -0.494. The molecule has 1 N–H and O–H groups in total. The molecule has 0 fully saturated rings. The molecule has 7 nitrogen and oxygen atoms in total. The molecule has 0 unspecified atom stereocenters. The largest absolute Gasteiger partial charge is 0.357 e. The van der Waals surface area contributed by atoms with E-state index in [-0.39, 0.29) is 23.3 Å². The summed E-state index contributed by atoms with van der Waals surface area (Å²) in [6.07, 6.45) is 0.381. The highest BCUT2D eigenvalue weighted by molar-refractivity contribution is 7.92. The maximum atomic E-state index is 13.9. The van der Waals surface area contributed by atoms with Gasteiger partial charge in [-0.3, -0.25) is 13.9 Å². The lowest BCUT2D eigenvalue weighted by molar-refractivity contribution is -0.140. The molecule has 3 aromatic rings. The summed E-state index contributed by atoms with van der Waals surface area (Å²) >= 11 is 0. The number of rotatable bonds is 11. The average Bonchev–Trinajstić information content (AvgIpc) is 2.92. The molecule has 8 heteroatoms. The number of amides is 2. The van der Waals surface area contributed by atoms with Crippen LogP contribution >= 0.6 is 0 Å². The number of carbonyl (C=O) groups excluding carboxylic acids is 2. The third kappa shape index (κ3) is 6.81. The van der Waals surface area contributed by atoms with Gasteiger partial charge in [-0.2, -0.15) is 0 Å². The second-order valence-corrected chi connectivity index (χ2v) is 11.5. The Morgan fingerprint density at radius 2 is 1.50 bits per heavy atom. The second-order valence-electron chi connectivity index (χ2n) is 9.62. The van der Waals surface area contributed by atoms with Crippen LogP contribution in [0.4, 0.5) is 5.69 Å². The molecule has 0 spiro atoms. The molecule has 0 bridgehead atoms. The molecule has 1 atom stereocenters. The Balaban J connectivity index is 2.06. The van der Waals surface area contributed by atoms with Crippen LogP contribution in [0.2, 0.25) is 0 Å². The molecule has 0 saturated carbocycles. The van der Waals surface area contributed by atoms with Crippen molar-refractivity contribution in [2.75, 3.05) is 17.9 Å². The fraction of sp³-hybridized carbons (Fsp3) is 0.333. The predicted octanol–water partition coefficient (Wildman–Crippen LogP) is 4.87. The first-order valence-corrected chi connectivity index (χ1v) is 14.3. The average molecular weight is 536 g/mol. The lowest BCUT2D eigenvalue weighted by Gasteiger charge is -2.33. The Labute approximate surface area is 226 Å². The van der Waals surface area contributed by atoms with Crippen molar-refractivity contribution >= 4 is 27.5 Å². The minimum absolute atomic E-state index is 0.0942. The van der Waals surface area contributed by atoms with Gasteiger partial charge in [0.05, 0.1) is 10.6 Å². The van der Waals surface area contributed by atoms with Crippen LogP contribution in [0.1, 0.15) is 49.8 Å². The van der Waals surface area contributed by atoms with E-state index in [1.165, 1.54) is 11.9 Å². The van der Waals surface area contributed by atoms with Crippen molar-refractivity contribution in [1.82, 2.24) is 10.2 Å². The first-order chi connectivity index (χ1) is 18.1. The molecule has 0 aliphatic carbocycles. The number of benzene rings is 3. The highest BCUT2D eigenvalue weighted by Gasteiger charge is 2.33. The Bertz CT molecular complexity index is 1320. The topological polar surface area (TPSA) is 86.8 Å². The Morgan fingerprint density at radius 3 is 2.03 bits per heavy atom.